The maximum absolute atomic E-state index is 13.3. The Kier molecular flexibility index (Phi) is 5.99. The predicted molar refractivity (Wildman–Crippen MR) is 108 cm³/mol. The average molecular weight is 412 g/mol. The number of ether oxygens (including phenoxy) is 1. The Morgan fingerprint density at radius 1 is 0.900 bits per heavy atom. The summed E-state index contributed by atoms with van der Waals surface area (Å²) in [5, 5.41) is 7.95. The van der Waals surface area contributed by atoms with Gasteiger partial charge in [-0.05, 0) is 67.1 Å². The molecule has 154 valence electrons. The molecule has 1 aromatic heterocycles. The van der Waals surface area contributed by atoms with Gasteiger partial charge in [-0.15, -0.1) is 0 Å². The molecule has 30 heavy (non-hydrogen) atoms. The van der Waals surface area contributed by atoms with Crippen LogP contribution < -0.4 is 10.1 Å². The number of nitrogens with zero attached hydrogens (tertiary/aromatic N) is 1. The SMILES string of the molecule is Fc1ccc2c(-c3ccc(OCCCNCc4ccc(F)c(F)c4)cc3)noc2c1. The molecular weight excluding hydrogens is 393 g/mol. The summed E-state index contributed by atoms with van der Waals surface area (Å²) in [5.41, 5.74) is 2.59. The highest BCUT2D eigenvalue weighted by Crippen LogP contribution is 2.29. The third-order valence-electron chi connectivity index (χ3n) is 4.64. The first-order valence-corrected chi connectivity index (χ1v) is 9.53. The van der Waals surface area contributed by atoms with Crippen LogP contribution in [0.5, 0.6) is 5.75 Å². The lowest BCUT2D eigenvalue weighted by Gasteiger charge is -2.08. The first-order valence-electron chi connectivity index (χ1n) is 9.53. The van der Waals surface area contributed by atoms with Crippen LogP contribution in [0.4, 0.5) is 13.2 Å². The Bertz CT molecular complexity index is 1140. The predicted octanol–water partition coefficient (Wildman–Crippen LogP) is 5.47. The highest BCUT2D eigenvalue weighted by molar-refractivity contribution is 5.91. The second-order valence-electron chi connectivity index (χ2n) is 6.82. The second-order valence-corrected chi connectivity index (χ2v) is 6.82. The Labute approximate surface area is 171 Å². The minimum absolute atomic E-state index is 0.367. The molecule has 0 fully saturated rings. The molecule has 0 aliphatic rings. The zero-order valence-electron chi connectivity index (χ0n) is 16.0. The van der Waals surface area contributed by atoms with Gasteiger partial charge in [0.05, 0.1) is 6.61 Å². The fraction of sp³-hybridized carbons (Fsp3) is 0.174. The molecule has 7 heteroatoms. The van der Waals surface area contributed by atoms with Crippen molar-refractivity contribution in [3.8, 4) is 17.0 Å². The van der Waals surface area contributed by atoms with Crippen LogP contribution in [0.1, 0.15) is 12.0 Å². The molecule has 0 bridgehead atoms. The maximum atomic E-state index is 13.3. The summed E-state index contributed by atoms with van der Waals surface area (Å²) in [6, 6.07) is 15.6. The molecule has 0 unspecified atom stereocenters. The monoisotopic (exact) mass is 412 g/mol. The summed E-state index contributed by atoms with van der Waals surface area (Å²) < 4.78 is 50.3. The lowest BCUT2D eigenvalue weighted by atomic mass is 10.1. The molecule has 1 N–H and O–H groups in total. The van der Waals surface area contributed by atoms with Gasteiger partial charge in [0, 0.05) is 23.6 Å². The third kappa shape index (κ3) is 4.63. The third-order valence-corrected chi connectivity index (χ3v) is 4.64. The van der Waals surface area contributed by atoms with E-state index in [1.54, 1.807) is 12.1 Å². The van der Waals surface area contributed by atoms with Crippen molar-refractivity contribution in [1.29, 1.82) is 0 Å². The van der Waals surface area contributed by atoms with Crippen molar-refractivity contribution in [3.63, 3.8) is 0 Å². The molecule has 0 aliphatic carbocycles. The highest BCUT2D eigenvalue weighted by Gasteiger charge is 2.11. The largest absolute Gasteiger partial charge is 0.494 e. The molecule has 0 saturated heterocycles. The lowest BCUT2D eigenvalue weighted by molar-refractivity contribution is 0.308. The summed E-state index contributed by atoms with van der Waals surface area (Å²) >= 11 is 0. The van der Waals surface area contributed by atoms with E-state index in [0.29, 0.717) is 36.5 Å². The summed E-state index contributed by atoms with van der Waals surface area (Å²) in [5.74, 6) is -1.33. The van der Waals surface area contributed by atoms with Crippen molar-refractivity contribution in [2.75, 3.05) is 13.2 Å². The van der Waals surface area contributed by atoms with Gasteiger partial charge in [-0.25, -0.2) is 13.2 Å². The van der Waals surface area contributed by atoms with Gasteiger partial charge < -0.3 is 14.6 Å². The minimum Gasteiger partial charge on any atom is -0.494 e. The summed E-state index contributed by atoms with van der Waals surface area (Å²) in [6.45, 7) is 1.65. The van der Waals surface area contributed by atoms with Crippen LogP contribution in [0.2, 0.25) is 0 Å². The number of hydrogen-bond acceptors (Lipinski definition) is 4. The molecule has 1 heterocycles. The van der Waals surface area contributed by atoms with E-state index in [4.69, 9.17) is 9.26 Å². The van der Waals surface area contributed by atoms with Gasteiger partial charge in [-0.3, -0.25) is 0 Å². The Balaban J connectivity index is 1.24. The molecule has 0 radical (unpaired) electrons. The van der Waals surface area contributed by atoms with Gasteiger partial charge in [-0.1, -0.05) is 11.2 Å². The quantitative estimate of drug-likeness (QED) is 0.390. The van der Waals surface area contributed by atoms with E-state index >= 15 is 0 Å². The molecule has 0 aliphatic heterocycles. The van der Waals surface area contributed by atoms with Crippen molar-refractivity contribution in [3.05, 3.63) is 83.7 Å². The van der Waals surface area contributed by atoms with Crippen molar-refractivity contribution < 1.29 is 22.4 Å². The highest BCUT2D eigenvalue weighted by atomic mass is 19.2. The van der Waals surface area contributed by atoms with Crippen LogP contribution in [0, 0.1) is 17.5 Å². The molecule has 0 amide bonds. The van der Waals surface area contributed by atoms with Gasteiger partial charge in [0.2, 0.25) is 0 Å². The number of fused-ring (bicyclic) bond motifs is 1. The number of hydrogen-bond donors (Lipinski definition) is 1. The van der Waals surface area contributed by atoms with E-state index in [2.05, 4.69) is 10.5 Å². The van der Waals surface area contributed by atoms with Crippen LogP contribution in [0.15, 0.2) is 65.2 Å². The zero-order chi connectivity index (χ0) is 20.9. The first-order chi connectivity index (χ1) is 14.6. The van der Waals surface area contributed by atoms with Gasteiger partial charge >= 0.3 is 0 Å². The van der Waals surface area contributed by atoms with Crippen LogP contribution in [-0.4, -0.2) is 18.3 Å². The lowest BCUT2D eigenvalue weighted by Crippen LogP contribution is -2.17. The van der Waals surface area contributed by atoms with E-state index in [1.165, 1.54) is 18.2 Å². The summed E-state index contributed by atoms with van der Waals surface area (Å²) in [4.78, 5) is 0. The maximum Gasteiger partial charge on any atom is 0.170 e. The van der Waals surface area contributed by atoms with Crippen molar-refractivity contribution in [2.24, 2.45) is 0 Å². The summed E-state index contributed by atoms with van der Waals surface area (Å²) in [7, 11) is 0. The van der Waals surface area contributed by atoms with Crippen LogP contribution in [0.25, 0.3) is 22.2 Å². The minimum atomic E-state index is -0.844. The number of halogens is 3. The Hall–Kier alpha value is -3.32. The van der Waals surface area contributed by atoms with Crippen LogP contribution in [-0.2, 0) is 6.54 Å². The standard InChI is InChI=1S/C23H19F3N2O2/c24-17-5-8-19-22(13-17)30-28-23(19)16-3-6-18(7-4-16)29-11-1-10-27-14-15-2-9-20(25)21(26)12-15/h2-9,12-13,27H,1,10-11,14H2. The fourth-order valence-electron chi connectivity index (χ4n) is 3.10. The molecule has 0 saturated carbocycles. The molecule has 3 aromatic carbocycles. The molecule has 4 rings (SSSR count). The van der Waals surface area contributed by atoms with Gasteiger partial charge in [0.25, 0.3) is 0 Å². The Morgan fingerprint density at radius 3 is 2.53 bits per heavy atom. The first kappa shape index (κ1) is 20.0. The van der Waals surface area contributed by atoms with Crippen molar-refractivity contribution >= 4 is 11.0 Å². The van der Waals surface area contributed by atoms with Gasteiger partial charge in [-0.2, -0.15) is 0 Å². The molecular formula is C23H19F3N2O2. The van der Waals surface area contributed by atoms with E-state index in [9.17, 15) is 13.2 Å². The number of benzene rings is 3. The average Bonchev–Trinajstić information content (AvgIpc) is 3.16. The van der Waals surface area contributed by atoms with Gasteiger partial charge in [0.15, 0.2) is 17.2 Å². The van der Waals surface area contributed by atoms with E-state index in [-0.39, 0.29) is 5.82 Å². The van der Waals surface area contributed by atoms with E-state index in [1.807, 2.05) is 24.3 Å². The summed E-state index contributed by atoms with van der Waals surface area (Å²) in [6.07, 6.45) is 0.755. The van der Waals surface area contributed by atoms with Crippen LogP contribution in [0.3, 0.4) is 0 Å². The molecule has 4 aromatic rings. The topological polar surface area (TPSA) is 47.3 Å². The second kappa shape index (κ2) is 9.00. The number of aromatic nitrogens is 1. The number of rotatable bonds is 8. The molecule has 0 spiro atoms. The normalized spacial score (nSPS) is 11.2. The van der Waals surface area contributed by atoms with E-state index in [0.717, 1.165) is 29.2 Å². The van der Waals surface area contributed by atoms with E-state index < -0.39 is 11.6 Å². The van der Waals surface area contributed by atoms with Crippen molar-refractivity contribution in [2.45, 2.75) is 13.0 Å². The van der Waals surface area contributed by atoms with Crippen molar-refractivity contribution in [1.82, 2.24) is 10.5 Å². The zero-order valence-corrected chi connectivity index (χ0v) is 16.0. The fourth-order valence-corrected chi connectivity index (χ4v) is 3.10. The molecule has 4 nitrogen and oxygen atoms in total. The number of nitrogens with one attached hydrogen (secondary N) is 1. The van der Waals surface area contributed by atoms with Crippen LogP contribution >= 0.6 is 0 Å². The Morgan fingerprint density at radius 2 is 1.73 bits per heavy atom. The van der Waals surface area contributed by atoms with Gasteiger partial charge in [0.1, 0.15) is 17.3 Å². The smallest absolute Gasteiger partial charge is 0.170 e. The molecule has 0 atom stereocenters.